The van der Waals surface area contributed by atoms with E-state index in [0.717, 1.165) is 13.1 Å². The summed E-state index contributed by atoms with van der Waals surface area (Å²) in [5.74, 6) is -1.75. The molecule has 198 valence electrons. The molecule has 2 aromatic rings. The number of aliphatic hydroxyl groups excluding tert-OH is 1. The Kier molecular flexibility index (Phi) is 8.94. The van der Waals surface area contributed by atoms with Gasteiger partial charge in [0.25, 0.3) is 11.7 Å². The fourth-order valence-electron chi connectivity index (χ4n) is 4.69. The van der Waals surface area contributed by atoms with Crippen LogP contribution >= 0.6 is 0 Å². The Balaban J connectivity index is 2.15. The molecule has 0 radical (unpaired) electrons. The van der Waals surface area contributed by atoms with E-state index in [1.165, 1.54) is 12.0 Å². The summed E-state index contributed by atoms with van der Waals surface area (Å²) in [7, 11) is 1.27. The number of ketones is 1. The first-order chi connectivity index (χ1) is 17.7. The van der Waals surface area contributed by atoms with Crippen molar-refractivity contribution in [1.82, 2.24) is 14.8 Å². The molecule has 9 heteroatoms. The lowest BCUT2D eigenvalue weighted by Gasteiger charge is -2.28. The van der Waals surface area contributed by atoms with Crippen LogP contribution in [0.2, 0.25) is 0 Å². The number of aryl methyl sites for hydroxylation is 1. The lowest BCUT2D eigenvalue weighted by molar-refractivity contribution is -0.140. The first-order valence-corrected chi connectivity index (χ1v) is 12.3. The predicted octanol–water partition coefficient (Wildman–Crippen LogP) is 3.75. The van der Waals surface area contributed by atoms with Crippen molar-refractivity contribution in [2.24, 2.45) is 0 Å². The van der Waals surface area contributed by atoms with Gasteiger partial charge in [-0.3, -0.25) is 9.59 Å². The summed E-state index contributed by atoms with van der Waals surface area (Å²) in [5, 5.41) is 11.5. The number of aromatic nitrogens is 1. The van der Waals surface area contributed by atoms with Crippen LogP contribution in [0.5, 0.6) is 5.75 Å². The summed E-state index contributed by atoms with van der Waals surface area (Å²) >= 11 is 0. The number of aliphatic hydroxyl groups is 1. The Hall–Kier alpha value is -3.85. The Labute approximate surface area is 217 Å². The number of esters is 1. The first kappa shape index (κ1) is 27.7. The van der Waals surface area contributed by atoms with E-state index in [0.29, 0.717) is 47.8 Å². The first-order valence-electron chi connectivity index (χ1n) is 12.3. The number of aromatic amines is 1. The van der Waals surface area contributed by atoms with Crippen LogP contribution in [0.1, 0.15) is 52.8 Å². The Morgan fingerprint density at radius 3 is 2.41 bits per heavy atom. The van der Waals surface area contributed by atoms with Crippen LogP contribution in [0.3, 0.4) is 0 Å². The van der Waals surface area contributed by atoms with Gasteiger partial charge in [-0.05, 0) is 50.2 Å². The van der Waals surface area contributed by atoms with Gasteiger partial charge in [0.1, 0.15) is 23.8 Å². The molecule has 37 heavy (non-hydrogen) atoms. The second-order valence-corrected chi connectivity index (χ2v) is 8.80. The van der Waals surface area contributed by atoms with Crippen molar-refractivity contribution in [2.45, 2.75) is 33.7 Å². The molecule has 1 aliphatic rings. The number of H-pyrrole nitrogens is 1. The Bertz CT molecular complexity index is 1210. The van der Waals surface area contributed by atoms with Crippen LogP contribution < -0.4 is 4.74 Å². The fraction of sp³-hybridized carbons (Fsp3) is 0.393. The van der Waals surface area contributed by atoms with Gasteiger partial charge >= 0.3 is 5.97 Å². The van der Waals surface area contributed by atoms with E-state index in [1.54, 1.807) is 44.2 Å². The zero-order valence-corrected chi connectivity index (χ0v) is 22.1. The smallest absolute Gasteiger partial charge is 0.354 e. The van der Waals surface area contributed by atoms with Crippen molar-refractivity contribution in [1.29, 1.82) is 0 Å². The summed E-state index contributed by atoms with van der Waals surface area (Å²) < 4.78 is 10.4. The van der Waals surface area contributed by atoms with Crippen molar-refractivity contribution in [3.05, 3.63) is 70.6 Å². The molecule has 0 aliphatic carbocycles. The molecular weight excluding hydrogens is 474 g/mol. The minimum Gasteiger partial charge on any atom is -0.507 e. The number of amides is 1. The van der Waals surface area contributed by atoms with E-state index in [9.17, 15) is 19.5 Å². The molecule has 9 nitrogen and oxygen atoms in total. The van der Waals surface area contributed by atoms with Gasteiger partial charge in [-0.15, -0.1) is 0 Å². The zero-order valence-electron chi connectivity index (χ0n) is 22.1. The van der Waals surface area contributed by atoms with Gasteiger partial charge in [-0.2, -0.15) is 0 Å². The normalized spacial score (nSPS) is 16.9. The Morgan fingerprint density at radius 2 is 1.84 bits per heavy atom. The average molecular weight is 510 g/mol. The topological polar surface area (TPSA) is 112 Å². The largest absolute Gasteiger partial charge is 0.507 e. The third-order valence-electron chi connectivity index (χ3n) is 6.72. The highest BCUT2D eigenvalue weighted by molar-refractivity contribution is 6.46. The van der Waals surface area contributed by atoms with Crippen LogP contribution in [0.15, 0.2) is 42.5 Å². The van der Waals surface area contributed by atoms with Crippen LogP contribution in [0.4, 0.5) is 0 Å². The highest BCUT2D eigenvalue weighted by Crippen LogP contribution is 2.41. The van der Waals surface area contributed by atoms with Gasteiger partial charge in [0.15, 0.2) is 0 Å². The number of carbonyl (C=O) groups is 3. The number of methoxy groups -OCH3 is 1. The number of hydrogen-bond acceptors (Lipinski definition) is 7. The number of nitrogens with one attached hydrogen (secondary N) is 1. The van der Waals surface area contributed by atoms with E-state index in [1.807, 2.05) is 13.8 Å². The molecular formula is C28H35N3O6. The predicted molar refractivity (Wildman–Crippen MR) is 141 cm³/mol. The van der Waals surface area contributed by atoms with Crippen LogP contribution in [0.25, 0.3) is 5.76 Å². The molecule has 2 N–H and O–H groups in total. The van der Waals surface area contributed by atoms with Gasteiger partial charge in [0, 0.05) is 24.3 Å². The molecule has 3 rings (SSSR count). The minimum atomic E-state index is -0.806. The maximum atomic E-state index is 13.4. The van der Waals surface area contributed by atoms with E-state index in [2.05, 4.69) is 16.5 Å². The quantitative estimate of drug-likeness (QED) is 0.156. The van der Waals surface area contributed by atoms with Crippen LogP contribution in [-0.2, 0) is 14.3 Å². The molecule has 0 spiro atoms. The van der Waals surface area contributed by atoms with E-state index < -0.39 is 23.7 Å². The molecule has 1 amide bonds. The number of likely N-dealkylation sites (tertiary alicyclic amines) is 1. The average Bonchev–Trinajstić information content (AvgIpc) is 3.34. The van der Waals surface area contributed by atoms with Crippen molar-refractivity contribution in [2.75, 3.05) is 39.9 Å². The maximum Gasteiger partial charge on any atom is 0.354 e. The zero-order chi connectivity index (χ0) is 27.3. The highest BCUT2D eigenvalue weighted by atomic mass is 16.5. The second-order valence-electron chi connectivity index (χ2n) is 8.80. The van der Waals surface area contributed by atoms with Crippen molar-refractivity contribution < 1.29 is 29.0 Å². The summed E-state index contributed by atoms with van der Waals surface area (Å²) in [6.45, 7) is 13.9. The third-order valence-corrected chi connectivity index (χ3v) is 6.72. The van der Waals surface area contributed by atoms with Gasteiger partial charge in [0.2, 0.25) is 0 Å². The van der Waals surface area contributed by atoms with Crippen LogP contribution in [-0.4, -0.2) is 77.4 Å². The molecule has 1 aromatic carbocycles. The SMILES string of the molecule is C=CCOc1ccc(C2/C(=C(\O)c3c(C)[nH]c(C(=O)OC)c3C)C(=O)C(=O)N2CCN(CC)CC)cc1. The lowest BCUT2D eigenvalue weighted by Crippen LogP contribution is -2.38. The van der Waals surface area contributed by atoms with Crippen LogP contribution in [0, 0.1) is 13.8 Å². The summed E-state index contributed by atoms with van der Waals surface area (Å²) in [5.41, 5.74) is 2.03. The molecule has 2 heterocycles. The van der Waals surface area contributed by atoms with Crippen molar-refractivity contribution >= 4 is 23.4 Å². The van der Waals surface area contributed by atoms with E-state index >= 15 is 0 Å². The summed E-state index contributed by atoms with van der Waals surface area (Å²) in [6, 6.07) is 6.27. The van der Waals surface area contributed by atoms with E-state index in [4.69, 9.17) is 9.47 Å². The summed E-state index contributed by atoms with van der Waals surface area (Å²) in [6.07, 6.45) is 1.64. The molecule has 1 aliphatic heterocycles. The standard InChI is InChI=1S/C28H35N3O6/c1-7-16-37-20-12-10-19(11-13-20)24-22(26(33)27(34)31(24)15-14-30(8-2)9-3)25(32)21-17(4)23(28(35)36-6)29-18(21)5/h7,10-13,24,29,32H,1,8-9,14-16H2,2-6H3/b25-22+. The molecule has 1 atom stereocenters. The molecule has 1 saturated heterocycles. The maximum absolute atomic E-state index is 13.4. The number of ether oxygens (including phenoxy) is 2. The number of benzene rings is 1. The highest BCUT2D eigenvalue weighted by Gasteiger charge is 2.46. The number of carbonyl (C=O) groups excluding carboxylic acids is 3. The summed E-state index contributed by atoms with van der Waals surface area (Å²) in [4.78, 5) is 45.4. The number of rotatable bonds is 11. The molecule has 1 unspecified atom stereocenters. The molecule has 0 bridgehead atoms. The molecule has 1 aromatic heterocycles. The van der Waals surface area contributed by atoms with Gasteiger partial charge < -0.3 is 29.4 Å². The number of likely N-dealkylation sites (N-methyl/N-ethyl adjacent to an activating group) is 1. The number of hydrogen-bond donors (Lipinski definition) is 2. The molecule has 1 fully saturated rings. The van der Waals surface area contributed by atoms with E-state index in [-0.39, 0.29) is 17.0 Å². The minimum absolute atomic E-state index is 0.0223. The fourth-order valence-corrected chi connectivity index (χ4v) is 4.69. The van der Waals surface area contributed by atoms with Gasteiger partial charge in [0.05, 0.1) is 18.7 Å². The second kappa shape index (κ2) is 11.9. The van der Waals surface area contributed by atoms with Crippen molar-refractivity contribution in [3.8, 4) is 5.75 Å². The third kappa shape index (κ3) is 5.46. The monoisotopic (exact) mass is 509 g/mol. The van der Waals surface area contributed by atoms with Gasteiger partial charge in [-0.1, -0.05) is 38.6 Å². The lowest BCUT2D eigenvalue weighted by atomic mass is 9.94. The van der Waals surface area contributed by atoms with Crippen molar-refractivity contribution in [3.63, 3.8) is 0 Å². The molecule has 0 saturated carbocycles. The van der Waals surface area contributed by atoms with Gasteiger partial charge in [-0.25, -0.2) is 4.79 Å². The number of Topliss-reactive ketones (excluding diaryl/α,β-unsaturated/α-hetero) is 1. The Morgan fingerprint density at radius 1 is 1.19 bits per heavy atom. The number of nitrogens with zero attached hydrogens (tertiary/aromatic N) is 2.